The number of aryl methyl sites for hydroxylation is 2. The van der Waals surface area contributed by atoms with Gasteiger partial charge in [0.1, 0.15) is 0 Å². The number of amides is 1. The van der Waals surface area contributed by atoms with Crippen molar-refractivity contribution in [1.29, 1.82) is 0 Å². The first-order chi connectivity index (χ1) is 12.0. The Hall–Kier alpha value is -2.31. The van der Waals surface area contributed by atoms with Gasteiger partial charge in [0, 0.05) is 36.4 Å². The first-order valence-corrected chi connectivity index (χ1v) is 8.52. The van der Waals surface area contributed by atoms with Gasteiger partial charge in [-0.2, -0.15) is 10.2 Å². The van der Waals surface area contributed by atoms with Crippen molar-refractivity contribution >= 4 is 34.9 Å². The molecule has 0 fully saturated rings. The van der Waals surface area contributed by atoms with Crippen LogP contribution in [0.25, 0.3) is 0 Å². The second kappa shape index (κ2) is 7.72. The number of anilines is 1. The van der Waals surface area contributed by atoms with Crippen molar-refractivity contribution in [3.05, 3.63) is 64.0 Å². The molecule has 25 heavy (non-hydrogen) atoms. The third-order valence-corrected chi connectivity index (χ3v) is 4.20. The third kappa shape index (κ3) is 4.84. The van der Waals surface area contributed by atoms with Crippen LogP contribution in [-0.4, -0.2) is 25.5 Å². The number of nitrogens with one attached hydrogen (secondary N) is 1. The number of benzene rings is 1. The first-order valence-electron chi connectivity index (χ1n) is 7.77. The van der Waals surface area contributed by atoms with Gasteiger partial charge in [-0.3, -0.25) is 14.2 Å². The van der Waals surface area contributed by atoms with Crippen molar-refractivity contribution < 1.29 is 4.79 Å². The van der Waals surface area contributed by atoms with Gasteiger partial charge in [-0.15, -0.1) is 0 Å². The number of halogens is 2. The van der Waals surface area contributed by atoms with Gasteiger partial charge >= 0.3 is 0 Å². The van der Waals surface area contributed by atoms with E-state index in [0.29, 0.717) is 35.4 Å². The molecule has 1 aromatic carbocycles. The Morgan fingerprint density at radius 3 is 2.76 bits per heavy atom. The monoisotopic (exact) mass is 377 g/mol. The van der Waals surface area contributed by atoms with Gasteiger partial charge in [-0.05, 0) is 24.6 Å². The molecule has 0 aliphatic heterocycles. The van der Waals surface area contributed by atoms with Crippen LogP contribution in [0.5, 0.6) is 0 Å². The van der Waals surface area contributed by atoms with Crippen molar-refractivity contribution in [1.82, 2.24) is 19.6 Å². The van der Waals surface area contributed by atoms with E-state index in [1.165, 1.54) is 0 Å². The third-order valence-electron chi connectivity index (χ3n) is 3.60. The fourth-order valence-corrected chi connectivity index (χ4v) is 2.73. The first kappa shape index (κ1) is 17.5. The quantitative estimate of drug-likeness (QED) is 0.710. The Morgan fingerprint density at radius 1 is 1.20 bits per heavy atom. The normalized spacial score (nSPS) is 10.8. The maximum atomic E-state index is 12.0. The number of rotatable bonds is 6. The molecule has 0 atom stereocenters. The number of nitrogens with zero attached hydrogens (tertiary/aromatic N) is 4. The van der Waals surface area contributed by atoms with Crippen LogP contribution in [0.2, 0.25) is 10.0 Å². The molecule has 3 rings (SSSR count). The van der Waals surface area contributed by atoms with E-state index in [4.69, 9.17) is 23.2 Å². The van der Waals surface area contributed by atoms with E-state index in [1.807, 2.05) is 37.4 Å². The highest BCUT2D eigenvalue weighted by molar-refractivity contribution is 6.31. The van der Waals surface area contributed by atoms with E-state index in [9.17, 15) is 4.79 Å². The average Bonchev–Trinajstić information content (AvgIpc) is 3.12. The van der Waals surface area contributed by atoms with Crippen LogP contribution in [0, 0.1) is 6.92 Å². The van der Waals surface area contributed by atoms with Gasteiger partial charge in [-0.25, -0.2) is 0 Å². The van der Waals surface area contributed by atoms with E-state index in [-0.39, 0.29) is 5.91 Å². The minimum absolute atomic E-state index is 0.128. The molecular formula is C17H17Cl2N5O. The van der Waals surface area contributed by atoms with Crippen LogP contribution in [0.4, 0.5) is 5.82 Å². The van der Waals surface area contributed by atoms with Crippen molar-refractivity contribution in [2.45, 2.75) is 26.4 Å². The zero-order chi connectivity index (χ0) is 17.8. The highest BCUT2D eigenvalue weighted by Crippen LogP contribution is 2.14. The van der Waals surface area contributed by atoms with Gasteiger partial charge in [-0.1, -0.05) is 35.3 Å². The zero-order valence-electron chi connectivity index (χ0n) is 13.6. The summed E-state index contributed by atoms with van der Waals surface area (Å²) < 4.78 is 3.41. The van der Waals surface area contributed by atoms with Crippen LogP contribution in [0.15, 0.2) is 42.7 Å². The van der Waals surface area contributed by atoms with Crippen molar-refractivity contribution in [3.63, 3.8) is 0 Å². The molecule has 0 unspecified atom stereocenters. The molecule has 1 N–H and O–H groups in total. The fourth-order valence-electron chi connectivity index (χ4n) is 2.37. The summed E-state index contributed by atoms with van der Waals surface area (Å²) in [5.74, 6) is 0.388. The molecule has 1 amide bonds. The minimum Gasteiger partial charge on any atom is -0.309 e. The molecule has 0 aliphatic carbocycles. The predicted octanol–water partition coefficient (Wildman–Crippen LogP) is 3.77. The molecule has 0 aliphatic rings. The summed E-state index contributed by atoms with van der Waals surface area (Å²) in [4.78, 5) is 12.0. The Labute approximate surface area is 155 Å². The molecule has 0 bridgehead atoms. The summed E-state index contributed by atoms with van der Waals surface area (Å²) in [5.41, 5.74) is 1.79. The van der Waals surface area contributed by atoms with Crippen LogP contribution in [-0.2, 0) is 17.9 Å². The molecule has 0 spiro atoms. The number of hydrogen-bond donors (Lipinski definition) is 1. The van der Waals surface area contributed by atoms with E-state index in [2.05, 4.69) is 15.5 Å². The molecule has 6 nitrogen and oxygen atoms in total. The topological polar surface area (TPSA) is 64.7 Å². The minimum atomic E-state index is -0.128. The highest BCUT2D eigenvalue weighted by atomic mass is 35.5. The van der Waals surface area contributed by atoms with Crippen LogP contribution < -0.4 is 5.32 Å². The summed E-state index contributed by atoms with van der Waals surface area (Å²) in [6, 6.07) is 9.35. The molecule has 2 aromatic heterocycles. The van der Waals surface area contributed by atoms with Gasteiger partial charge in [0.15, 0.2) is 5.82 Å². The Morgan fingerprint density at radius 2 is 2.04 bits per heavy atom. The maximum Gasteiger partial charge on any atom is 0.227 e. The van der Waals surface area contributed by atoms with Gasteiger partial charge < -0.3 is 5.32 Å². The molecule has 0 saturated heterocycles. The number of aromatic nitrogens is 4. The van der Waals surface area contributed by atoms with Crippen molar-refractivity contribution in [3.8, 4) is 0 Å². The number of carbonyl (C=O) groups excluding carboxylic acids is 1. The van der Waals surface area contributed by atoms with E-state index < -0.39 is 0 Å². The molecule has 130 valence electrons. The highest BCUT2D eigenvalue weighted by Gasteiger charge is 2.08. The second-order valence-electron chi connectivity index (χ2n) is 5.65. The zero-order valence-corrected chi connectivity index (χ0v) is 15.1. The summed E-state index contributed by atoms with van der Waals surface area (Å²) >= 11 is 11.9. The maximum absolute atomic E-state index is 12.0. The largest absolute Gasteiger partial charge is 0.309 e. The van der Waals surface area contributed by atoms with E-state index in [0.717, 1.165) is 11.3 Å². The van der Waals surface area contributed by atoms with Crippen LogP contribution >= 0.6 is 23.2 Å². The smallest absolute Gasteiger partial charge is 0.227 e. The predicted molar refractivity (Wildman–Crippen MR) is 98.0 cm³/mol. The molecular weight excluding hydrogens is 361 g/mol. The second-order valence-corrected chi connectivity index (χ2v) is 6.50. The van der Waals surface area contributed by atoms with E-state index in [1.54, 1.807) is 21.6 Å². The van der Waals surface area contributed by atoms with Crippen molar-refractivity contribution in [2.24, 2.45) is 0 Å². The van der Waals surface area contributed by atoms with Crippen LogP contribution in [0.3, 0.4) is 0 Å². The van der Waals surface area contributed by atoms with Gasteiger partial charge in [0.2, 0.25) is 5.91 Å². The molecule has 3 aromatic rings. The SMILES string of the molecule is Cc1nn(CCC(=O)Nc2ccn(Cc3cccc(Cl)c3)n2)cc1Cl. The lowest BCUT2D eigenvalue weighted by molar-refractivity contribution is -0.116. The fraction of sp³-hybridized carbons (Fsp3) is 0.235. The summed E-state index contributed by atoms with van der Waals surface area (Å²) in [5, 5.41) is 12.6. The number of hydrogen-bond acceptors (Lipinski definition) is 3. The lowest BCUT2D eigenvalue weighted by Gasteiger charge is -2.04. The molecule has 0 radical (unpaired) electrons. The Kier molecular flexibility index (Phi) is 5.40. The average molecular weight is 378 g/mol. The van der Waals surface area contributed by atoms with Crippen LogP contribution in [0.1, 0.15) is 17.7 Å². The summed E-state index contributed by atoms with van der Waals surface area (Å²) in [6.07, 6.45) is 3.82. The molecule has 8 heteroatoms. The number of carbonyl (C=O) groups is 1. The lowest BCUT2D eigenvalue weighted by Crippen LogP contribution is -2.15. The van der Waals surface area contributed by atoms with E-state index >= 15 is 0 Å². The standard InChI is InChI=1S/C17H17Cl2N5O/c1-12-15(19)11-24(21-12)8-6-17(25)20-16-5-7-23(22-16)10-13-3-2-4-14(18)9-13/h2-5,7,9,11H,6,8,10H2,1H3,(H,20,22,25). The summed E-state index contributed by atoms with van der Waals surface area (Å²) in [7, 11) is 0. The van der Waals surface area contributed by atoms with Gasteiger partial charge in [0.05, 0.1) is 17.3 Å². The molecule has 0 saturated carbocycles. The Balaban J connectivity index is 1.53. The van der Waals surface area contributed by atoms with Gasteiger partial charge in [0.25, 0.3) is 0 Å². The molecule has 2 heterocycles. The Bertz CT molecular complexity index is 867. The lowest BCUT2D eigenvalue weighted by atomic mass is 10.2. The summed E-state index contributed by atoms with van der Waals surface area (Å²) in [6.45, 7) is 2.87. The van der Waals surface area contributed by atoms with Crippen molar-refractivity contribution in [2.75, 3.05) is 5.32 Å².